The molecule has 1 saturated heterocycles. The lowest BCUT2D eigenvalue weighted by atomic mass is 9.88. The second-order valence-corrected chi connectivity index (χ2v) is 5.88. The molecule has 1 aromatic carbocycles. The van der Waals surface area contributed by atoms with E-state index in [4.69, 9.17) is 0 Å². The number of amides is 3. The molecule has 0 radical (unpaired) electrons. The molecule has 0 aromatic heterocycles. The van der Waals surface area contributed by atoms with E-state index in [1.807, 2.05) is 37.3 Å². The first-order chi connectivity index (χ1) is 11.0. The highest BCUT2D eigenvalue weighted by molar-refractivity contribution is 5.87. The molecule has 1 aliphatic heterocycles. The molecule has 1 fully saturated rings. The first-order valence-corrected chi connectivity index (χ1v) is 7.88. The van der Waals surface area contributed by atoms with Gasteiger partial charge in [0.05, 0.1) is 5.54 Å². The summed E-state index contributed by atoms with van der Waals surface area (Å²) in [7, 11) is 0. The summed E-state index contributed by atoms with van der Waals surface area (Å²) in [5, 5.41) is 8.50. The van der Waals surface area contributed by atoms with E-state index in [1.165, 1.54) is 6.92 Å². The second-order valence-electron chi connectivity index (χ2n) is 5.88. The Labute approximate surface area is 136 Å². The molecule has 1 aliphatic rings. The molecular formula is C17H23N3O3. The number of rotatable bonds is 6. The SMILES string of the molecule is CCC(NC(C)=O)C(=O)NCC1(c2ccccc2)CCC(=O)N1. The Kier molecular flexibility index (Phi) is 5.36. The van der Waals surface area contributed by atoms with Crippen molar-refractivity contribution in [1.82, 2.24) is 16.0 Å². The first kappa shape index (κ1) is 17.0. The van der Waals surface area contributed by atoms with Crippen molar-refractivity contribution >= 4 is 17.7 Å². The van der Waals surface area contributed by atoms with Crippen LogP contribution in [0.1, 0.15) is 38.7 Å². The van der Waals surface area contributed by atoms with Crippen molar-refractivity contribution in [1.29, 1.82) is 0 Å². The highest BCUT2D eigenvalue weighted by atomic mass is 16.2. The van der Waals surface area contributed by atoms with E-state index in [9.17, 15) is 14.4 Å². The number of carbonyl (C=O) groups is 3. The Morgan fingerprint density at radius 2 is 2.00 bits per heavy atom. The van der Waals surface area contributed by atoms with E-state index >= 15 is 0 Å². The molecule has 2 atom stereocenters. The molecule has 2 rings (SSSR count). The van der Waals surface area contributed by atoms with Crippen LogP contribution in [0, 0.1) is 0 Å². The van der Waals surface area contributed by atoms with Crippen LogP contribution in [0.5, 0.6) is 0 Å². The average molecular weight is 317 g/mol. The highest BCUT2D eigenvalue weighted by Crippen LogP contribution is 2.30. The fraction of sp³-hybridized carbons (Fsp3) is 0.471. The van der Waals surface area contributed by atoms with Crippen molar-refractivity contribution in [2.24, 2.45) is 0 Å². The topological polar surface area (TPSA) is 87.3 Å². The highest BCUT2D eigenvalue weighted by Gasteiger charge is 2.39. The third-order valence-electron chi connectivity index (χ3n) is 4.15. The van der Waals surface area contributed by atoms with Crippen LogP contribution in [-0.4, -0.2) is 30.3 Å². The van der Waals surface area contributed by atoms with Gasteiger partial charge in [-0.3, -0.25) is 14.4 Å². The van der Waals surface area contributed by atoms with E-state index in [1.54, 1.807) is 0 Å². The summed E-state index contributed by atoms with van der Waals surface area (Å²) in [6.45, 7) is 3.53. The van der Waals surface area contributed by atoms with Crippen molar-refractivity contribution in [3.05, 3.63) is 35.9 Å². The zero-order valence-electron chi connectivity index (χ0n) is 13.5. The molecular weight excluding hydrogens is 294 g/mol. The maximum absolute atomic E-state index is 12.3. The minimum atomic E-state index is -0.581. The van der Waals surface area contributed by atoms with Crippen molar-refractivity contribution in [3.63, 3.8) is 0 Å². The van der Waals surface area contributed by atoms with Crippen LogP contribution in [0.3, 0.4) is 0 Å². The van der Waals surface area contributed by atoms with E-state index in [0.717, 1.165) is 5.56 Å². The lowest BCUT2D eigenvalue weighted by molar-refractivity contribution is -0.128. The summed E-state index contributed by atoms with van der Waals surface area (Å²) >= 11 is 0. The van der Waals surface area contributed by atoms with Crippen molar-refractivity contribution in [2.75, 3.05) is 6.54 Å². The summed E-state index contributed by atoms with van der Waals surface area (Å²) < 4.78 is 0. The molecule has 6 nitrogen and oxygen atoms in total. The fourth-order valence-corrected chi connectivity index (χ4v) is 2.89. The summed E-state index contributed by atoms with van der Waals surface area (Å²) in [6, 6.07) is 9.07. The van der Waals surface area contributed by atoms with Gasteiger partial charge in [0.25, 0.3) is 0 Å². The second kappa shape index (κ2) is 7.26. The molecule has 23 heavy (non-hydrogen) atoms. The van der Waals surface area contributed by atoms with Crippen LogP contribution >= 0.6 is 0 Å². The molecule has 2 unspecified atom stereocenters. The number of nitrogens with one attached hydrogen (secondary N) is 3. The standard InChI is InChI=1S/C17H23N3O3/c1-3-14(19-12(2)21)16(23)18-11-17(10-9-15(22)20-17)13-7-5-4-6-8-13/h4-8,14H,3,9-11H2,1-2H3,(H,18,23)(H,19,21)(H,20,22). The summed E-state index contributed by atoms with van der Waals surface area (Å²) in [5.41, 5.74) is 0.390. The minimum Gasteiger partial charge on any atom is -0.352 e. The van der Waals surface area contributed by atoms with Gasteiger partial charge in [-0.1, -0.05) is 37.3 Å². The van der Waals surface area contributed by atoms with Crippen LogP contribution in [0.15, 0.2) is 30.3 Å². The van der Waals surface area contributed by atoms with Gasteiger partial charge in [-0.25, -0.2) is 0 Å². The first-order valence-electron chi connectivity index (χ1n) is 7.88. The molecule has 1 heterocycles. The van der Waals surface area contributed by atoms with Gasteiger partial charge in [0, 0.05) is 19.9 Å². The van der Waals surface area contributed by atoms with Gasteiger partial charge >= 0.3 is 0 Å². The van der Waals surface area contributed by atoms with Gasteiger partial charge in [-0.15, -0.1) is 0 Å². The van der Waals surface area contributed by atoms with Crippen molar-refractivity contribution in [2.45, 2.75) is 44.7 Å². The molecule has 1 aromatic rings. The van der Waals surface area contributed by atoms with E-state index in [0.29, 0.717) is 25.8 Å². The maximum atomic E-state index is 12.3. The van der Waals surface area contributed by atoms with Gasteiger partial charge in [0.1, 0.15) is 6.04 Å². The summed E-state index contributed by atoms with van der Waals surface area (Å²) in [5.74, 6) is -0.491. The third-order valence-corrected chi connectivity index (χ3v) is 4.15. The maximum Gasteiger partial charge on any atom is 0.242 e. The lowest BCUT2D eigenvalue weighted by Crippen LogP contribution is -2.52. The number of hydrogen-bond donors (Lipinski definition) is 3. The Morgan fingerprint density at radius 1 is 1.30 bits per heavy atom. The van der Waals surface area contributed by atoms with Gasteiger partial charge < -0.3 is 16.0 Å². The third kappa shape index (κ3) is 4.09. The van der Waals surface area contributed by atoms with Crippen molar-refractivity contribution in [3.8, 4) is 0 Å². The Morgan fingerprint density at radius 3 is 2.52 bits per heavy atom. The monoisotopic (exact) mass is 317 g/mol. The van der Waals surface area contributed by atoms with Gasteiger partial charge in [-0.2, -0.15) is 0 Å². The Bertz CT molecular complexity index is 588. The van der Waals surface area contributed by atoms with Crippen LogP contribution in [-0.2, 0) is 19.9 Å². The molecule has 0 spiro atoms. The lowest BCUT2D eigenvalue weighted by Gasteiger charge is -2.31. The normalized spacial score (nSPS) is 21.4. The smallest absolute Gasteiger partial charge is 0.242 e. The van der Waals surface area contributed by atoms with Crippen molar-refractivity contribution < 1.29 is 14.4 Å². The fourth-order valence-electron chi connectivity index (χ4n) is 2.89. The minimum absolute atomic E-state index is 0.0167. The Balaban J connectivity index is 2.09. The molecule has 0 aliphatic carbocycles. The van der Waals surface area contributed by atoms with Crippen LogP contribution in [0.4, 0.5) is 0 Å². The van der Waals surface area contributed by atoms with E-state index in [-0.39, 0.29) is 17.7 Å². The molecule has 3 amide bonds. The number of benzene rings is 1. The summed E-state index contributed by atoms with van der Waals surface area (Å²) in [6.07, 6.45) is 1.58. The van der Waals surface area contributed by atoms with Crippen LogP contribution < -0.4 is 16.0 Å². The zero-order valence-corrected chi connectivity index (χ0v) is 13.5. The van der Waals surface area contributed by atoms with Gasteiger partial charge in [0.15, 0.2) is 0 Å². The van der Waals surface area contributed by atoms with Gasteiger partial charge in [-0.05, 0) is 18.4 Å². The molecule has 3 N–H and O–H groups in total. The number of carbonyl (C=O) groups excluding carboxylic acids is 3. The number of hydrogen-bond acceptors (Lipinski definition) is 3. The van der Waals surface area contributed by atoms with Crippen LogP contribution in [0.2, 0.25) is 0 Å². The zero-order chi connectivity index (χ0) is 16.9. The largest absolute Gasteiger partial charge is 0.352 e. The summed E-state index contributed by atoms with van der Waals surface area (Å²) in [4.78, 5) is 35.2. The average Bonchev–Trinajstić information content (AvgIpc) is 2.93. The molecule has 0 bridgehead atoms. The van der Waals surface area contributed by atoms with Crippen LogP contribution in [0.25, 0.3) is 0 Å². The molecule has 124 valence electrons. The van der Waals surface area contributed by atoms with E-state index < -0.39 is 11.6 Å². The molecule has 0 saturated carbocycles. The Hall–Kier alpha value is -2.37. The molecule has 6 heteroatoms. The van der Waals surface area contributed by atoms with Gasteiger partial charge in [0.2, 0.25) is 17.7 Å². The van der Waals surface area contributed by atoms with E-state index in [2.05, 4.69) is 16.0 Å². The predicted octanol–water partition coefficient (Wildman–Crippen LogP) is 0.823. The predicted molar refractivity (Wildman–Crippen MR) is 86.4 cm³/mol. The quantitative estimate of drug-likeness (QED) is 0.726.